The molecule has 1 aliphatic carbocycles. The van der Waals surface area contributed by atoms with Gasteiger partial charge in [-0.25, -0.2) is 4.68 Å². The lowest BCUT2D eigenvalue weighted by atomic mass is 9.74. The van der Waals surface area contributed by atoms with Crippen LogP contribution < -0.4 is 5.32 Å². The van der Waals surface area contributed by atoms with E-state index in [0.29, 0.717) is 30.8 Å². The average molecular weight is 296 g/mol. The minimum Gasteiger partial charge on any atom is -0.481 e. The van der Waals surface area contributed by atoms with Crippen LogP contribution in [0.2, 0.25) is 0 Å². The number of rotatable bonds is 7. The molecule has 1 fully saturated rings. The molecule has 1 saturated carbocycles. The van der Waals surface area contributed by atoms with Crippen LogP contribution in [0, 0.1) is 10.1 Å². The van der Waals surface area contributed by atoms with Crippen molar-refractivity contribution in [3.05, 3.63) is 15.8 Å². The van der Waals surface area contributed by atoms with Crippen molar-refractivity contribution < 1.29 is 14.8 Å². The third-order valence-electron chi connectivity index (χ3n) is 3.95. The summed E-state index contributed by atoms with van der Waals surface area (Å²) in [5.74, 6) is -0.592. The number of carbonyl (C=O) groups is 1. The average Bonchev–Trinajstić information content (AvgIpc) is 2.63. The van der Waals surface area contributed by atoms with Gasteiger partial charge in [-0.15, -0.1) is 0 Å². The Kier molecular flexibility index (Phi) is 4.15. The number of hydrogen-bond donors (Lipinski definition) is 2. The second-order valence-corrected chi connectivity index (χ2v) is 5.60. The Hall–Kier alpha value is -2.12. The topological polar surface area (TPSA) is 110 Å². The van der Waals surface area contributed by atoms with E-state index in [-0.39, 0.29) is 12.1 Å². The van der Waals surface area contributed by atoms with E-state index in [1.54, 1.807) is 7.05 Å². The third kappa shape index (κ3) is 2.98. The molecule has 0 bridgehead atoms. The highest BCUT2D eigenvalue weighted by Gasteiger charge is 2.42. The molecule has 8 nitrogen and oxygen atoms in total. The Balaban J connectivity index is 2.34. The summed E-state index contributed by atoms with van der Waals surface area (Å²) >= 11 is 0. The summed E-state index contributed by atoms with van der Waals surface area (Å²) in [4.78, 5) is 21.9. The molecule has 2 rings (SSSR count). The van der Waals surface area contributed by atoms with Gasteiger partial charge in [0.05, 0.1) is 11.3 Å². The summed E-state index contributed by atoms with van der Waals surface area (Å²) in [5.41, 5.74) is -0.179. The predicted octanol–water partition coefficient (Wildman–Crippen LogP) is 2.09. The van der Waals surface area contributed by atoms with E-state index >= 15 is 0 Å². The highest BCUT2D eigenvalue weighted by atomic mass is 16.6. The lowest BCUT2D eigenvalue weighted by molar-refractivity contribution is -0.384. The Bertz CT molecular complexity index is 563. The monoisotopic (exact) mass is 296 g/mol. The number of carboxylic acids is 1. The zero-order valence-electron chi connectivity index (χ0n) is 12.3. The number of nitrogens with one attached hydrogen (secondary N) is 1. The normalized spacial score (nSPS) is 16.3. The highest BCUT2D eigenvalue weighted by molar-refractivity contribution is 5.71. The van der Waals surface area contributed by atoms with E-state index in [1.807, 2.05) is 6.92 Å². The van der Waals surface area contributed by atoms with Crippen LogP contribution in [0.5, 0.6) is 0 Å². The Morgan fingerprint density at radius 2 is 2.24 bits per heavy atom. The largest absolute Gasteiger partial charge is 0.481 e. The Morgan fingerprint density at radius 1 is 1.57 bits per heavy atom. The SMILES string of the molecule is CCCc1nn(C)c(NC2(CC(=O)O)CCC2)c1[N+](=O)[O-]. The standard InChI is InChI=1S/C13H20N4O4/c1-3-5-9-11(17(20)21)12(16(2)15-9)14-13(6-4-7-13)8-10(18)19/h14H,3-8H2,1-2H3,(H,18,19). The first-order valence-electron chi connectivity index (χ1n) is 7.09. The molecule has 0 amide bonds. The van der Waals surface area contributed by atoms with Crippen LogP contribution in [-0.2, 0) is 18.3 Å². The fourth-order valence-electron chi connectivity index (χ4n) is 2.80. The molecule has 0 aliphatic heterocycles. The van der Waals surface area contributed by atoms with Gasteiger partial charge in [-0.3, -0.25) is 14.9 Å². The number of carboxylic acid groups (broad SMARTS) is 1. The first-order valence-corrected chi connectivity index (χ1v) is 7.09. The molecule has 0 radical (unpaired) electrons. The van der Waals surface area contributed by atoms with Gasteiger partial charge in [0.1, 0.15) is 5.69 Å². The molecule has 1 aromatic rings. The van der Waals surface area contributed by atoms with E-state index in [4.69, 9.17) is 5.11 Å². The number of nitro groups is 1. The predicted molar refractivity (Wildman–Crippen MR) is 76.3 cm³/mol. The van der Waals surface area contributed by atoms with E-state index in [9.17, 15) is 14.9 Å². The van der Waals surface area contributed by atoms with Gasteiger partial charge in [0.15, 0.2) is 0 Å². The summed E-state index contributed by atoms with van der Waals surface area (Å²) in [6.07, 6.45) is 3.57. The van der Waals surface area contributed by atoms with Crippen LogP contribution in [0.4, 0.5) is 11.5 Å². The van der Waals surface area contributed by atoms with Crippen LogP contribution in [0.1, 0.15) is 44.7 Å². The van der Waals surface area contributed by atoms with Gasteiger partial charge in [0.2, 0.25) is 5.82 Å². The number of nitrogens with zero attached hydrogens (tertiary/aromatic N) is 3. The Morgan fingerprint density at radius 3 is 2.67 bits per heavy atom. The van der Waals surface area contributed by atoms with E-state index < -0.39 is 16.4 Å². The lowest BCUT2D eigenvalue weighted by Crippen LogP contribution is -2.47. The lowest BCUT2D eigenvalue weighted by Gasteiger charge is -2.41. The number of aromatic nitrogens is 2. The van der Waals surface area contributed by atoms with Gasteiger partial charge in [-0.1, -0.05) is 13.3 Å². The number of hydrogen-bond acceptors (Lipinski definition) is 5. The molecule has 0 unspecified atom stereocenters. The molecule has 0 aromatic carbocycles. The van der Waals surface area contributed by atoms with Crippen molar-refractivity contribution in [2.24, 2.45) is 7.05 Å². The first kappa shape index (κ1) is 15.3. The fourth-order valence-corrected chi connectivity index (χ4v) is 2.80. The van der Waals surface area contributed by atoms with Crippen LogP contribution in [0.25, 0.3) is 0 Å². The highest BCUT2D eigenvalue weighted by Crippen LogP contribution is 2.41. The first-order chi connectivity index (χ1) is 9.88. The number of aliphatic carboxylic acids is 1. The van der Waals surface area contributed by atoms with Gasteiger partial charge in [0, 0.05) is 12.6 Å². The smallest absolute Gasteiger partial charge is 0.334 e. The summed E-state index contributed by atoms with van der Waals surface area (Å²) in [7, 11) is 1.64. The second kappa shape index (κ2) is 5.71. The van der Waals surface area contributed by atoms with Crippen molar-refractivity contribution in [2.75, 3.05) is 5.32 Å². The molecule has 1 aromatic heterocycles. The molecule has 0 spiro atoms. The van der Waals surface area contributed by atoms with Gasteiger partial charge < -0.3 is 10.4 Å². The summed E-state index contributed by atoms with van der Waals surface area (Å²) in [6.45, 7) is 1.93. The molecule has 0 saturated heterocycles. The maximum absolute atomic E-state index is 11.3. The molecular formula is C13H20N4O4. The zero-order valence-corrected chi connectivity index (χ0v) is 12.3. The van der Waals surface area contributed by atoms with Crippen molar-refractivity contribution in [3.8, 4) is 0 Å². The van der Waals surface area contributed by atoms with Crippen LogP contribution in [-0.4, -0.2) is 31.3 Å². The van der Waals surface area contributed by atoms with E-state index in [2.05, 4.69) is 10.4 Å². The van der Waals surface area contributed by atoms with Gasteiger partial charge in [0.25, 0.3) is 0 Å². The molecule has 2 N–H and O–H groups in total. The van der Waals surface area contributed by atoms with Gasteiger partial charge in [-0.05, 0) is 25.7 Å². The minimum atomic E-state index is -0.902. The summed E-state index contributed by atoms with van der Waals surface area (Å²) in [6, 6.07) is 0. The van der Waals surface area contributed by atoms with Crippen molar-refractivity contribution in [2.45, 2.75) is 51.0 Å². The van der Waals surface area contributed by atoms with Gasteiger partial charge >= 0.3 is 11.7 Å². The van der Waals surface area contributed by atoms with E-state index in [1.165, 1.54) is 4.68 Å². The summed E-state index contributed by atoms with van der Waals surface area (Å²) in [5, 5.41) is 27.7. The maximum atomic E-state index is 11.3. The summed E-state index contributed by atoms with van der Waals surface area (Å²) < 4.78 is 1.45. The Labute approximate surface area is 122 Å². The van der Waals surface area contributed by atoms with Crippen molar-refractivity contribution in [3.63, 3.8) is 0 Å². The maximum Gasteiger partial charge on any atom is 0.334 e. The molecule has 116 valence electrons. The van der Waals surface area contributed by atoms with Crippen LogP contribution in [0.15, 0.2) is 0 Å². The van der Waals surface area contributed by atoms with Gasteiger partial charge in [-0.2, -0.15) is 5.10 Å². The van der Waals surface area contributed by atoms with E-state index in [0.717, 1.165) is 12.8 Å². The van der Waals surface area contributed by atoms with Crippen molar-refractivity contribution >= 4 is 17.5 Å². The molecule has 0 atom stereocenters. The fraction of sp³-hybridized carbons (Fsp3) is 0.692. The zero-order chi connectivity index (χ0) is 15.6. The second-order valence-electron chi connectivity index (χ2n) is 5.60. The minimum absolute atomic E-state index is 0.0315. The molecule has 8 heteroatoms. The van der Waals surface area contributed by atoms with Crippen LogP contribution in [0.3, 0.4) is 0 Å². The van der Waals surface area contributed by atoms with Crippen LogP contribution >= 0.6 is 0 Å². The molecule has 1 aliphatic rings. The molecule has 1 heterocycles. The van der Waals surface area contributed by atoms with Crippen molar-refractivity contribution in [1.82, 2.24) is 9.78 Å². The third-order valence-corrected chi connectivity index (χ3v) is 3.95. The number of anilines is 1. The van der Waals surface area contributed by atoms with Crippen molar-refractivity contribution in [1.29, 1.82) is 0 Å². The number of aryl methyl sites for hydroxylation is 2. The molecular weight excluding hydrogens is 276 g/mol. The quantitative estimate of drug-likeness (QED) is 0.589. The molecule has 21 heavy (non-hydrogen) atoms.